The van der Waals surface area contributed by atoms with E-state index in [0.29, 0.717) is 10.7 Å². The normalized spacial score (nSPS) is 12.2. The largest absolute Gasteiger partial charge is 0.293 e. The number of hydrogen-bond acceptors (Lipinski definition) is 5. The molecule has 0 saturated carbocycles. The van der Waals surface area contributed by atoms with Crippen molar-refractivity contribution in [2.75, 3.05) is 0 Å². The second-order valence-corrected chi connectivity index (χ2v) is 7.10. The van der Waals surface area contributed by atoms with Gasteiger partial charge >= 0.3 is 0 Å². The summed E-state index contributed by atoms with van der Waals surface area (Å²) in [6.07, 6.45) is 0. The first-order valence-electron chi connectivity index (χ1n) is 7.78. The zero-order valence-corrected chi connectivity index (χ0v) is 14.9. The van der Waals surface area contributed by atoms with Crippen LogP contribution >= 0.6 is 11.8 Å². The fourth-order valence-corrected chi connectivity index (χ4v) is 3.38. The molecular weight excluding hydrogens is 339 g/mol. The second kappa shape index (κ2) is 7.14. The molecule has 0 bridgehead atoms. The molecule has 3 rings (SSSR count). The Kier molecular flexibility index (Phi) is 4.94. The maximum Gasteiger partial charge on any atom is 0.214 e. The Hall–Kier alpha value is -2.54. The van der Waals surface area contributed by atoms with Crippen molar-refractivity contribution >= 4 is 17.5 Å². The molecule has 0 aliphatic carbocycles. The number of hydrogen-bond donors (Lipinski definition) is 0. The van der Waals surface area contributed by atoms with E-state index < -0.39 is 5.25 Å². The van der Waals surface area contributed by atoms with Gasteiger partial charge in [-0.1, -0.05) is 29.5 Å². The molecule has 0 unspecified atom stereocenters. The van der Waals surface area contributed by atoms with Gasteiger partial charge in [-0.3, -0.25) is 4.79 Å². The number of aromatic nitrogens is 4. The van der Waals surface area contributed by atoms with Gasteiger partial charge in [0, 0.05) is 5.56 Å². The summed E-state index contributed by atoms with van der Waals surface area (Å²) in [5, 5.41) is 12.0. The lowest BCUT2D eigenvalue weighted by molar-refractivity contribution is 0.0994. The van der Waals surface area contributed by atoms with Gasteiger partial charge in [0.25, 0.3) is 0 Å². The van der Waals surface area contributed by atoms with Gasteiger partial charge in [-0.05, 0) is 67.1 Å². The molecule has 1 aromatic heterocycles. The van der Waals surface area contributed by atoms with E-state index >= 15 is 0 Å². The van der Waals surface area contributed by atoms with E-state index in [1.165, 1.54) is 36.0 Å². The van der Waals surface area contributed by atoms with Crippen molar-refractivity contribution in [2.24, 2.45) is 0 Å². The monoisotopic (exact) mass is 356 g/mol. The predicted molar refractivity (Wildman–Crippen MR) is 94.7 cm³/mol. The second-order valence-electron chi connectivity index (χ2n) is 5.79. The Bertz CT molecular complexity index is 908. The Morgan fingerprint density at radius 2 is 1.88 bits per heavy atom. The van der Waals surface area contributed by atoms with E-state index in [2.05, 4.69) is 21.6 Å². The minimum absolute atomic E-state index is 0.0971. The van der Waals surface area contributed by atoms with Crippen molar-refractivity contribution in [1.82, 2.24) is 20.2 Å². The zero-order valence-electron chi connectivity index (χ0n) is 14.1. The van der Waals surface area contributed by atoms with Crippen LogP contribution in [0.4, 0.5) is 4.39 Å². The van der Waals surface area contributed by atoms with Gasteiger partial charge in [0.1, 0.15) is 5.82 Å². The van der Waals surface area contributed by atoms with Crippen LogP contribution in [-0.4, -0.2) is 31.2 Å². The number of nitrogens with zero attached hydrogens (tertiary/aromatic N) is 4. The summed E-state index contributed by atoms with van der Waals surface area (Å²) in [4.78, 5) is 12.5. The first kappa shape index (κ1) is 17.3. The van der Waals surface area contributed by atoms with Crippen LogP contribution in [0.1, 0.15) is 28.4 Å². The van der Waals surface area contributed by atoms with Crippen molar-refractivity contribution < 1.29 is 9.18 Å². The summed E-state index contributed by atoms with van der Waals surface area (Å²) < 4.78 is 14.6. The third kappa shape index (κ3) is 3.76. The van der Waals surface area contributed by atoms with Crippen molar-refractivity contribution in [1.29, 1.82) is 0 Å². The lowest BCUT2D eigenvalue weighted by Gasteiger charge is -2.11. The average molecular weight is 356 g/mol. The van der Waals surface area contributed by atoms with Crippen LogP contribution in [0.25, 0.3) is 5.69 Å². The highest BCUT2D eigenvalue weighted by molar-refractivity contribution is 8.00. The quantitative estimate of drug-likeness (QED) is 0.514. The molecule has 2 aromatic carbocycles. The number of thioether (sulfide) groups is 1. The Morgan fingerprint density at radius 3 is 2.56 bits per heavy atom. The first-order chi connectivity index (χ1) is 12.0. The van der Waals surface area contributed by atoms with Gasteiger partial charge in [-0.2, -0.15) is 4.68 Å². The molecule has 25 heavy (non-hydrogen) atoms. The number of aryl methyl sites for hydroxylation is 2. The molecule has 3 aromatic rings. The topological polar surface area (TPSA) is 60.7 Å². The van der Waals surface area contributed by atoms with Gasteiger partial charge in [0.15, 0.2) is 5.78 Å². The molecule has 5 nitrogen and oxygen atoms in total. The van der Waals surface area contributed by atoms with E-state index in [0.717, 1.165) is 16.8 Å². The van der Waals surface area contributed by atoms with E-state index in [4.69, 9.17) is 0 Å². The van der Waals surface area contributed by atoms with Crippen LogP contribution in [-0.2, 0) is 0 Å². The number of benzene rings is 2. The van der Waals surface area contributed by atoms with Crippen LogP contribution in [0.2, 0.25) is 0 Å². The van der Waals surface area contributed by atoms with Crippen LogP contribution < -0.4 is 0 Å². The van der Waals surface area contributed by atoms with Crippen molar-refractivity contribution in [2.45, 2.75) is 31.2 Å². The molecule has 0 aliphatic heterocycles. The average Bonchev–Trinajstić information content (AvgIpc) is 3.02. The minimum Gasteiger partial charge on any atom is -0.293 e. The molecule has 0 saturated heterocycles. The molecular formula is C18H17FN4OS. The molecule has 1 atom stereocenters. The van der Waals surface area contributed by atoms with Gasteiger partial charge in [0.2, 0.25) is 5.16 Å². The molecule has 0 radical (unpaired) electrons. The predicted octanol–water partition coefficient (Wildman–Crippen LogP) is 3.78. The Morgan fingerprint density at radius 1 is 1.16 bits per heavy atom. The maximum atomic E-state index is 13.0. The van der Waals surface area contributed by atoms with Gasteiger partial charge < -0.3 is 0 Å². The highest BCUT2D eigenvalue weighted by atomic mass is 32.2. The maximum absolute atomic E-state index is 13.0. The van der Waals surface area contributed by atoms with Crippen LogP contribution in [0, 0.1) is 19.7 Å². The molecule has 128 valence electrons. The number of carbonyl (C=O) groups is 1. The number of halogens is 1. The Balaban J connectivity index is 1.83. The van der Waals surface area contributed by atoms with E-state index in [9.17, 15) is 9.18 Å². The molecule has 0 amide bonds. The molecule has 0 aliphatic rings. The lowest BCUT2D eigenvalue weighted by atomic mass is 10.1. The number of rotatable bonds is 5. The van der Waals surface area contributed by atoms with Crippen molar-refractivity contribution in [3.05, 3.63) is 65.0 Å². The highest BCUT2D eigenvalue weighted by Gasteiger charge is 2.21. The Labute approximate surface area is 149 Å². The summed E-state index contributed by atoms with van der Waals surface area (Å²) >= 11 is 1.28. The van der Waals surface area contributed by atoms with Gasteiger partial charge in [0.05, 0.1) is 10.9 Å². The van der Waals surface area contributed by atoms with E-state index in [1.54, 1.807) is 11.6 Å². The SMILES string of the molecule is Cc1ccc(-n2nnnc2S[C@@H](C)C(=O)c2ccc(F)cc2)c(C)c1. The fraction of sp³-hybridized carbons (Fsp3) is 0.222. The molecule has 0 spiro atoms. The lowest BCUT2D eigenvalue weighted by Crippen LogP contribution is -2.15. The summed E-state index contributed by atoms with van der Waals surface area (Å²) in [7, 11) is 0. The summed E-state index contributed by atoms with van der Waals surface area (Å²) in [5.41, 5.74) is 3.54. The smallest absolute Gasteiger partial charge is 0.214 e. The molecule has 7 heteroatoms. The van der Waals surface area contributed by atoms with Crippen LogP contribution in [0.3, 0.4) is 0 Å². The van der Waals surface area contributed by atoms with Crippen LogP contribution in [0.15, 0.2) is 47.6 Å². The molecule has 0 fully saturated rings. The van der Waals surface area contributed by atoms with Crippen LogP contribution in [0.5, 0.6) is 0 Å². The van der Waals surface area contributed by atoms with Gasteiger partial charge in [-0.25, -0.2) is 4.39 Å². The van der Waals surface area contributed by atoms with Crippen molar-refractivity contribution in [3.63, 3.8) is 0 Å². The minimum atomic E-state index is -0.402. The van der Waals surface area contributed by atoms with E-state index in [-0.39, 0.29) is 11.6 Å². The summed E-state index contributed by atoms with van der Waals surface area (Å²) in [6, 6.07) is 11.5. The van der Waals surface area contributed by atoms with Crippen molar-refractivity contribution in [3.8, 4) is 5.69 Å². The third-order valence-corrected chi connectivity index (χ3v) is 4.83. The standard InChI is InChI=1S/C18H17FN4OS/c1-11-4-9-16(12(2)10-11)23-18(20-21-22-23)25-13(3)17(24)14-5-7-15(19)8-6-14/h4-10,13H,1-3H3/t13-/m0/s1. The van der Waals surface area contributed by atoms with Gasteiger partial charge in [-0.15, -0.1) is 5.10 Å². The molecule has 1 heterocycles. The molecule has 0 N–H and O–H groups in total. The first-order valence-corrected chi connectivity index (χ1v) is 8.66. The number of tetrazole rings is 1. The van der Waals surface area contributed by atoms with E-state index in [1.807, 2.05) is 26.0 Å². The number of Topliss-reactive ketones (excluding diaryl/α,β-unsaturated/α-hetero) is 1. The summed E-state index contributed by atoms with van der Waals surface area (Å²) in [6.45, 7) is 5.80. The summed E-state index contributed by atoms with van der Waals surface area (Å²) in [5.74, 6) is -0.462. The highest BCUT2D eigenvalue weighted by Crippen LogP contribution is 2.26. The number of carbonyl (C=O) groups excluding carboxylic acids is 1. The fourth-order valence-electron chi connectivity index (χ4n) is 2.51. The zero-order chi connectivity index (χ0) is 18.0. The third-order valence-electron chi connectivity index (χ3n) is 3.80. The number of ketones is 1.